The number of hydrogen-bond donors (Lipinski definition) is 1. The summed E-state index contributed by atoms with van der Waals surface area (Å²) >= 11 is 0. The van der Waals surface area contributed by atoms with Gasteiger partial charge in [0.15, 0.2) is 0 Å². The number of benzene rings is 1. The van der Waals surface area contributed by atoms with Crippen molar-refractivity contribution >= 4 is 17.7 Å². The maximum absolute atomic E-state index is 12.6. The Balaban J connectivity index is 2.13. The summed E-state index contributed by atoms with van der Waals surface area (Å²) in [6, 6.07) is 6.07. The molecule has 1 fully saturated rings. The fraction of sp³-hybridized carbons (Fsp3) is 0.500. The zero-order valence-electron chi connectivity index (χ0n) is 12.8. The first-order valence-electron chi connectivity index (χ1n) is 7.23. The number of carbonyl (C=O) groups excluding carboxylic acids is 1. The number of carboxylic acids is 1. The molecule has 1 aromatic rings. The van der Waals surface area contributed by atoms with Crippen LogP contribution in [0, 0.1) is 13.8 Å². The van der Waals surface area contributed by atoms with Gasteiger partial charge in [-0.15, -0.1) is 0 Å². The molecule has 1 aromatic carbocycles. The average Bonchev–Trinajstić information content (AvgIpc) is 3.21. The second kappa shape index (κ2) is 6.16. The highest BCUT2D eigenvalue weighted by molar-refractivity contribution is 5.92. The van der Waals surface area contributed by atoms with E-state index in [4.69, 9.17) is 5.11 Å². The first-order chi connectivity index (χ1) is 9.88. The second-order valence-electron chi connectivity index (χ2n) is 5.76. The van der Waals surface area contributed by atoms with Crippen molar-refractivity contribution in [1.29, 1.82) is 0 Å². The Morgan fingerprint density at radius 3 is 2.24 bits per heavy atom. The van der Waals surface area contributed by atoms with Crippen molar-refractivity contribution in [2.75, 3.05) is 18.5 Å². The van der Waals surface area contributed by atoms with Gasteiger partial charge >= 0.3 is 12.0 Å². The number of anilines is 1. The maximum Gasteiger partial charge on any atom is 0.324 e. The van der Waals surface area contributed by atoms with Crippen molar-refractivity contribution in [2.45, 2.75) is 39.2 Å². The highest BCUT2D eigenvalue weighted by Crippen LogP contribution is 2.29. The van der Waals surface area contributed by atoms with Gasteiger partial charge in [0.2, 0.25) is 0 Å². The number of aryl methyl sites for hydroxylation is 2. The highest BCUT2D eigenvalue weighted by Gasteiger charge is 2.34. The summed E-state index contributed by atoms with van der Waals surface area (Å²) < 4.78 is 0. The van der Waals surface area contributed by atoms with Crippen molar-refractivity contribution < 1.29 is 14.7 Å². The molecule has 0 aliphatic heterocycles. The topological polar surface area (TPSA) is 60.9 Å². The van der Waals surface area contributed by atoms with Gasteiger partial charge in [-0.3, -0.25) is 9.69 Å². The van der Waals surface area contributed by atoms with Crippen LogP contribution in [0.3, 0.4) is 0 Å². The van der Waals surface area contributed by atoms with E-state index in [1.807, 2.05) is 26.0 Å². The fourth-order valence-corrected chi connectivity index (χ4v) is 2.48. The van der Waals surface area contributed by atoms with Crippen LogP contribution in [0.4, 0.5) is 10.5 Å². The van der Waals surface area contributed by atoms with Crippen LogP contribution in [0.15, 0.2) is 18.2 Å². The molecule has 0 saturated heterocycles. The maximum atomic E-state index is 12.6. The molecule has 0 spiro atoms. The number of carbonyl (C=O) groups is 2. The molecule has 1 aliphatic rings. The standard InChI is InChI=1S/C16H22N2O3/c1-11-8-12(2)10-14(9-11)17(3)16(21)18(13-4-5-13)7-6-15(19)20/h8-10,13H,4-7H2,1-3H3,(H,19,20). The molecule has 0 unspecified atom stereocenters. The summed E-state index contributed by atoms with van der Waals surface area (Å²) in [7, 11) is 1.74. The van der Waals surface area contributed by atoms with E-state index in [9.17, 15) is 9.59 Å². The predicted molar refractivity (Wildman–Crippen MR) is 81.7 cm³/mol. The quantitative estimate of drug-likeness (QED) is 0.907. The van der Waals surface area contributed by atoms with E-state index in [0.717, 1.165) is 29.7 Å². The third-order valence-electron chi connectivity index (χ3n) is 3.68. The van der Waals surface area contributed by atoms with Crippen LogP contribution < -0.4 is 4.90 Å². The zero-order valence-corrected chi connectivity index (χ0v) is 12.8. The number of hydrogen-bond acceptors (Lipinski definition) is 2. The van der Waals surface area contributed by atoms with E-state index >= 15 is 0 Å². The Bertz CT molecular complexity index is 532. The summed E-state index contributed by atoms with van der Waals surface area (Å²) in [6.45, 7) is 4.27. The third-order valence-corrected chi connectivity index (χ3v) is 3.68. The molecule has 21 heavy (non-hydrogen) atoms. The van der Waals surface area contributed by atoms with Crippen LogP contribution in [-0.4, -0.2) is 41.6 Å². The van der Waals surface area contributed by atoms with Crippen molar-refractivity contribution in [3.63, 3.8) is 0 Å². The smallest absolute Gasteiger partial charge is 0.324 e. The van der Waals surface area contributed by atoms with Gasteiger partial charge in [0.25, 0.3) is 0 Å². The molecular weight excluding hydrogens is 268 g/mol. The molecule has 0 radical (unpaired) electrons. The summed E-state index contributed by atoms with van der Waals surface area (Å²) in [5, 5.41) is 8.82. The Labute approximate surface area is 125 Å². The Kier molecular flexibility index (Phi) is 4.50. The average molecular weight is 290 g/mol. The molecule has 0 heterocycles. The minimum atomic E-state index is -0.873. The molecule has 1 N–H and O–H groups in total. The molecule has 5 heteroatoms. The monoisotopic (exact) mass is 290 g/mol. The van der Waals surface area contributed by atoms with Crippen LogP contribution in [0.1, 0.15) is 30.4 Å². The van der Waals surface area contributed by atoms with Gasteiger partial charge in [0.1, 0.15) is 0 Å². The summed E-state index contributed by atoms with van der Waals surface area (Å²) in [5.74, 6) is -0.873. The van der Waals surface area contributed by atoms with Gasteiger partial charge in [-0.2, -0.15) is 0 Å². The lowest BCUT2D eigenvalue weighted by molar-refractivity contribution is -0.137. The van der Waals surface area contributed by atoms with Crippen molar-refractivity contribution in [1.82, 2.24) is 4.90 Å². The van der Waals surface area contributed by atoms with Gasteiger partial charge < -0.3 is 10.0 Å². The van der Waals surface area contributed by atoms with Crippen LogP contribution in [0.2, 0.25) is 0 Å². The van der Waals surface area contributed by atoms with Crippen LogP contribution >= 0.6 is 0 Å². The summed E-state index contributed by atoms with van der Waals surface area (Å²) in [6.07, 6.45) is 1.92. The minimum Gasteiger partial charge on any atom is -0.481 e. The first kappa shape index (κ1) is 15.4. The summed E-state index contributed by atoms with van der Waals surface area (Å²) in [4.78, 5) is 26.7. The van der Waals surface area contributed by atoms with E-state index in [-0.39, 0.29) is 25.0 Å². The van der Waals surface area contributed by atoms with Gasteiger partial charge in [-0.05, 0) is 49.9 Å². The zero-order chi connectivity index (χ0) is 15.6. The highest BCUT2D eigenvalue weighted by atomic mass is 16.4. The molecule has 2 amide bonds. The second-order valence-corrected chi connectivity index (χ2v) is 5.76. The molecule has 5 nitrogen and oxygen atoms in total. The lowest BCUT2D eigenvalue weighted by atomic mass is 10.1. The van der Waals surface area contributed by atoms with E-state index in [1.54, 1.807) is 16.8 Å². The third kappa shape index (κ3) is 3.97. The number of amides is 2. The lowest BCUT2D eigenvalue weighted by Gasteiger charge is -2.28. The number of rotatable bonds is 5. The SMILES string of the molecule is Cc1cc(C)cc(N(C)C(=O)N(CCC(=O)O)C2CC2)c1. The van der Waals surface area contributed by atoms with Crippen molar-refractivity contribution in [3.05, 3.63) is 29.3 Å². The van der Waals surface area contributed by atoms with Crippen LogP contribution in [-0.2, 0) is 4.79 Å². The Hall–Kier alpha value is -2.04. The molecule has 0 bridgehead atoms. The van der Waals surface area contributed by atoms with Gasteiger partial charge in [0, 0.05) is 25.3 Å². The Morgan fingerprint density at radius 1 is 1.19 bits per heavy atom. The van der Waals surface area contributed by atoms with Gasteiger partial charge in [0.05, 0.1) is 6.42 Å². The van der Waals surface area contributed by atoms with Crippen molar-refractivity contribution in [2.24, 2.45) is 0 Å². The first-order valence-corrected chi connectivity index (χ1v) is 7.23. The number of urea groups is 1. The molecular formula is C16H22N2O3. The van der Waals surface area contributed by atoms with Crippen LogP contribution in [0.25, 0.3) is 0 Å². The normalized spacial score (nSPS) is 13.9. The minimum absolute atomic E-state index is 0.0110. The molecule has 1 saturated carbocycles. The molecule has 114 valence electrons. The van der Waals surface area contributed by atoms with E-state index < -0.39 is 5.97 Å². The molecule has 2 rings (SSSR count). The molecule has 1 aliphatic carbocycles. The number of nitrogens with zero attached hydrogens (tertiary/aromatic N) is 2. The largest absolute Gasteiger partial charge is 0.481 e. The summed E-state index contributed by atoms with van der Waals surface area (Å²) in [5.41, 5.74) is 3.06. The van der Waals surface area contributed by atoms with E-state index in [0.29, 0.717) is 0 Å². The molecule has 0 atom stereocenters. The number of aliphatic carboxylic acids is 1. The fourth-order valence-electron chi connectivity index (χ4n) is 2.48. The Morgan fingerprint density at radius 2 is 1.76 bits per heavy atom. The van der Waals surface area contributed by atoms with Gasteiger partial charge in [-0.1, -0.05) is 6.07 Å². The van der Waals surface area contributed by atoms with Crippen LogP contribution in [0.5, 0.6) is 0 Å². The predicted octanol–water partition coefficient (Wildman–Crippen LogP) is 2.80. The van der Waals surface area contributed by atoms with E-state index in [2.05, 4.69) is 6.07 Å². The van der Waals surface area contributed by atoms with E-state index in [1.165, 1.54) is 0 Å². The van der Waals surface area contributed by atoms with Gasteiger partial charge in [-0.25, -0.2) is 4.79 Å². The van der Waals surface area contributed by atoms with Crippen molar-refractivity contribution in [3.8, 4) is 0 Å². The number of carboxylic acid groups (broad SMARTS) is 1. The molecule has 0 aromatic heterocycles. The lowest BCUT2D eigenvalue weighted by Crippen LogP contribution is -2.43.